The van der Waals surface area contributed by atoms with Gasteiger partial charge in [-0.15, -0.1) is 0 Å². The van der Waals surface area contributed by atoms with Crippen molar-refractivity contribution in [1.82, 2.24) is 10.3 Å². The van der Waals surface area contributed by atoms with Crippen molar-refractivity contribution in [2.75, 3.05) is 13.2 Å². The molecular formula is C28H25ClN2O4. The van der Waals surface area contributed by atoms with Crippen LogP contribution in [0.25, 0.3) is 22.0 Å². The van der Waals surface area contributed by atoms with Crippen LogP contribution >= 0.6 is 11.6 Å². The number of aromatic nitrogens is 1. The van der Waals surface area contributed by atoms with E-state index in [9.17, 15) is 15.0 Å². The number of carbonyl (C=O) groups is 1. The number of rotatable bonds is 7. The van der Waals surface area contributed by atoms with E-state index in [2.05, 4.69) is 34.6 Å². The summed E-state index contributed by atoms with van der Waals surface area (Å²) in [5, 5.41) is 25.2. The van der Waals surface area contributed by atoms with Gasteiger partial charge in [0, 0.05) is 29.1 Å². The van der Waals surface area contributed by atoms with Gasteiger partial charge in [-0.25, -0.2) is 4.79 Å². The number of aliphatic hydroxyl groups excluding tert-OH is 2. The van der Waals surface area contributed by atoms with Crippen LogP contribution in [0.15, 0.2) is 79.0 Å². The molecule has 5 rings (SSSR count). The number of alkyl carbamates (subject to hydrolysis) is 1. The van der Waals surface area contributed by atoms with Crippen LogP contribution in [-0.2, 0) is 4.74 Å². The average Bonchev–Trinajstić information content (AvgIpc) is 3.20. The van der Waals surface area contributed by atoms with Crippen molar-refractivity contribution in [2.24, 2.45) is 0 Å². The average molecular weight is 489 g/mol. The fourth-order valence-electron chi connectivity index (χ4n) is 4.74. The number of pyridine rings is 1. The molecule has 1 aromatic heterocycles. The summed E-state index contributed by atoms with van der Waals surface area (Å²) in [5.41, 5.74) is 5.82. The van der Waals surface area contributed by atoms with E-state index in [1.165, 1.54) is 11.1 Å². The van der Waals surface area contributed by atoms with Crippen LogP contribution in [0.4, 0.5) is 4.79 Å². The summed E-state index contributed by atoms with van der Waals surface area (Å²) in [6.45, 7) is 0.375. The molecule has 6 nitrogen and oxygen atoms in total. The molecule has 0 saturated carbocycles. The van der Waals surface area contributed by atoms with Gasteiger partial charge in [-0.2, -0.15) is 0 Å². The first-order chi connectivity index (χ1) is 17.0. The standard InChI is InChI=1S/C28H25ClN2O4/c29-17-9-10-22-23(11-13-30-25(22)15-17)27(33)26(32)12-14-31-28(34)35-16-24-20-7-3-1-5-18(20)19-6-2-4-8-21(19)24/h1-11,13,15,24,26-27,32-33H,12,14,16H2,(H,31,34). The Hall–Kier alpha value is -3.45. The molecule has 178 valence electrons. The number of aliphatic hydroxyl groups is 2. The molecule has 0 aliphatic heterocycles. The third-order valence-electron chi connectivity index (χ3n) is 6.47. The number of amides is 1. The van der Waals surface area contributed by atoms with Crippen LogP contribution in [-0.4, -0.2) is 40.5 Å². The third-order valence-corrected chi connectivity index (χ3v) is 6.71. The fraction of sp³-hybridized carbons (Fsp3) is 0.214. The fourth-order valence-corrected chi connectivity index (χ4v) is 4.90. The number of halogens is 1. The Kier molecular flexibility index (Phi) is 6.68. The van der Waals surface area contributed by atoms with Gasteiger partial charge in [0.05, 0.1) is 11.6 Å². The van der Waals surface area contributed by atoms with Crippen molar-refractivity contribution in [3.05, 3.63) is 101 Å². The van der Waals surface area contributed by atoms with Crippen LogP contribution in [0, 0.1) is 0 Å². The zero-order valence-corrected chi connectivity index (χ0v) is 19.7. The predicted octanol–water partition coefficient (Wildman–Crippen LogP) is 5.21. The molecule has 2 unspecified atom stereocenters. The van der Waals surface area contributed by atoms with Crippen LogP contribution < -0.4 is 5.32 Å². The maximum atomic E-state index is 12.4. The van der Waals surface area contributed by atoms with E-state index in [-0.39, 0.29) is 25.5 Å². The summed E-state index contributed by atoms with van der Waals surface area (Å²) in [5.74, 6) is -0.0194. The van der Waals surface area contributed by atoms with Crippen LogP contribution in [0.2, 0.25) is 5.02 Å². The zero-order valence-electron chi connectivity index (χ0n) is 18.9. The Morgan fingerprint density at radius 1 is 1.00 bits per heavy atom. The number of benzene rings is 3. The lowest BCUT2D eigenvalue weighted by Crippen LogP contribution is -2.30. The molecule has 1 heterocycles. The number of hydrogen-bond donors (Lipinski definition) is 3. The molecule has 0 bridgehead atoms. The van der Waals surface area contributed by atoms with Crippen molar-refractivity contribution < 1.29 is 19.7 Å². The molecule has 0 saturated heterocycles. The molecule has 35 heavy (non-hydrogen) atoms. The van der Waals surface area contributed by atoms with E-state index in [0.717, 1.165) is 11.1 Å². The minimum Gasteiger partial charge on any atom is -0.449 e. The Bertz CT molecular complexity index is 1330. The zero-order chi connectivity index (χ0) is 24.4. The summed E-state index contributed by atoms with van der Waals surface area (Å²) in [6, 6.07) is 23.2. The van der Waals surface area contributed by atoms with Crippen LogP contribution in [0.5, 0.6) is 0 Å². The molecule has 0 spiro atoms. The van der Waals surface area contributed by atoms with Gasteiger partial charge in [-0.3, -0.25) is 4.98 Å². The van der Waals surface area contributed by atoms with Gasteiger partial charge in [0.15, 0.2) is 0 Å². The Balaban J connectivity index is 1.16. The SMILES string of the molecule is O=C(NCCC(O)C(O)c1ccnc2cc(Cl)ccc12)OCC1c2ccccc2-c2ccccc21. The lowest BCUT2D eigenvalue weighted by molar-refractivity contribution is 0.0145. The predicted molar refractivity (Wildman–Crippen MR) is 135 cm³/mol. The van der Waals surface area contributed by atoms with Gasteiger partial charge in [0.25, 0.3) is 0 Å². The highest BCUT2D eigenvalue weighted by molar-refractivity contribution is 6.31. The lowest BCUT2D eigenvalue weighted by Gasteiger charge is -2.20. The van der Waals surface area contributed by atoms with E-state index >= 15 is 0 Å². The normalized spacial score (nSPS) is 14.3. The Labute approximate surface area is 208 Å². The van der Waals surface area contributed by atoms with Crippen LogP contribution in [0.1, 0.15) is 35.1 Å². The van der Waals surface area contributed by atoms with Gasteiger partial charge in [0.1, 0.15) is 12.7 Å². The maximum Gasteiger partial charge on any atom is 0.407 e. The minimum atomic E-state index is -1.13. The van der Waals surface area contributed by atoms with Gasteiger partial charge in [-0.05, 0) is 52.4 Å². The lowest BCUT2D eigenvalue weighted by atomic mass is 9.98. The van der Waals surface area contributed by atoms with Gasteiger partial charge in [-0.1, -0.05) is 66.2 Å². The first-order valence-corrected chi connectivity index (χ1v) is 11.9. The highest BCUT2D eigenvalue weighted by Gasteiger charge is 2.29. The number of fused-ring (bicyclic) bond motifs is 4. The number of nitrogens with one attached hydrogen (secondary N) is 1. The van der Waals surface area contributed by atoms with Gasteiger partial charge < -0.3 is 20.3 Å². The van der Waals surface area contributed by atoms with Crippen molar-refractivity contribution in [3.63, 3.8) is 0 Å². The molecule has 3 N–H and O–H groups in total. The Morgan fingerprint density at radius 3 is 2.40 bits per heavy atom. The first-order valence-electron chi connectivity index (χ1n) is 11.5. The van der Waals surface area contributed by atoms with E-state index in [1.54, 1.807) is 30.5 Å². The molecule has 3 aromatic carbocycles. The molecule has 1 aliphatic carbocycles. The second kappa shape index (κ2) is 10.0. The quantitative estimate of drug-likeness (QED) is 0.332. The third kappa shape index (κ3) is 4.73. The molecule has 7 heteroatoms. The minimum absolute atomic E-state index is 0.0194. The van der Waals surface area contributed by atoms with Crippen molar-refractivity contribution >= 4 is 28.6 Å². The summed E-state index contributed by atoms with van der Waals surface area (Å²) in [4.78, 5) is 16.6. The van der Waals surface area contributed by atoms with Gasteiger partial charge in [0.2, 0.25) is 0 Å². The molecule has 1 aliphatic rings. The van der Waals surface area contributed by atoms with E-state index in [4.69, 9.17) is 16.3 Å². The number of hydrogen-bond acceptors (Lipinski definition) is 5. The molecule has 2 atom stereocenters. The summed E-state index contributed by atoms with van der Waals surface area (Å²) < 4.78 is 5.52. The molecule has 4 aromatic rings. The molecule has 0 fully saturated rings. The van der Waals surface area contributed by atoms with E-state index in [0.29, 0.717) is 21.5 Å². The number of nitrogens with zero attached hydrogens (tertiary/aromatic N) is 1. The first kappa shape index (κ1) is 23.3. The number of carbonyl (C=O) groups excluding carboxylic acids is 1. The monoisotopic (exact) mass is 488 g/mol. The summed E-state index contributed by atoms with van der Waals surface area (Å²) in [7, 11) is 0. The highest BCUT2D eigenvalue weighted by atomic mass is 35.5. The molecule has 0 radical (unpaired) electrons. The maximum absolute atomic E-state index is 12.4. The largest absolute Gasteiger partial charge is 0.449 e. The Morgan fingerprint density at radius 2 is 1.69 bits per heavy atom. The summed E-state index contributed by atoms with van der Waals surface area (Å²) in [6.07, 6.45) is -1.05. The van der Waals surface area contributed by atoms with Gasteiger partial charge >= 0.3 is 6.09 Å². The second-order valence-electron chi connectivity index (χ2n) is 8.61. The van der Waals surface area contributed by atoms with E-state index in [1.807, 2.05) is 24.3 Å². The molecule has 1 amide bonds. The second-order valence-corrected chi connectivity index (χ2v) is 9.05. The van der Waals surface area contributed by atoms with Crippen molar-refractivity contribution in [1.29, 1.82) is 0 Å². The van der Waals surface area contributed by atoms with Crippen molar-refractivity contribution in [2.45, 2.75) is 24.5 Å². The topological polar surface area (TPSA) is 91.7 Å². The molecular weight excluding hydrogens is 464 g/mol. The smallest absolute Gasteiger partial charge is 0.407 e. The van der Waals surface area contributed by atoms with E-state index < -0.39 is 18.3 Å². The summed E-state index contributed by atoms with van der Waals surface area (Å²) >= 11 is 6.02. The number of ether oxygens (including phenoxy) is 1. The van der Waals surface area contributed by atoms with Crippen molar-refractivity contribution in [3.8, 4) is 11.1 Å². The highest BCUT2D eigenvalue weighted by Crippen LogP contribution is 2.44. The van der Waals surface area contributed by atoms with Crippen LogP contribution in [0.3, 0.4) is 0 Å².